The zero-order valence-corrected chi connectivity index (χ0v) is 10.4. The summed E-state index contributed by atoms with van der Waals surface area (Å²) in [6, 6.07) is 23.2. The fourth-order valence-corrected chi connectivity index (χ4v) is 2.98. The molecular weight excluding hydrogens is 228 g/mol. The molecule has 0 spiro atoms. The van der Waals surface area contributed by atoms with Gasteiger partial charge in [-0.1, -0.05) is 66.7 Å². The molecule has 0 aliphatic heterocycles. The van der Waals surface area contributed by atoms with Gasteiger partial charge in [0, 0.05) is 0 Å². The summed E-state index contributed by atoms with van der Waals surface area (Å²) in [5.41, 5.74) is 0.847. The average Bonchev–Trinajstić information content (AvgIpc) is 2.47. The largest absolute Gasteiger partial charge is 0.0616 e. The molecule has 0 aliphatic carbocycles. The Kier molecular flexibility index (Phi) is 2.13. The maximum Gasteiger partial charge on any atom is -0.000521 e. The third-order valence-corrected chi connectivity index (χ3v) is 3.80. The minimum absolute atomic E-state index is 0.847. The van der Waals surface area contributed by atoms with Crippen LogP contribution < -0.4 is 0 Å². The summed E-state index contributed by atoms with van der Waals surface area (Å²) < 4.78 is 0. The Balaban J connectivity index is 2.48. The van der Waals surface area contributed by atoms with Gasteiger partial charge in [-0.05, 0) is 44.8 Å². The van der Waals surface area contributed by atoms with E-state index in [1.807, 2.05) is 12.1 Å². The summed E-state index contributed by atoms with van der Waals surface area (Å²) in [6.07, 6.45) is 0. The Hall–Kier alpha value is -2.34. The SMILES string of the molecule is [CH]c1cccc2c3ccccc3c3ccccc3c12. The smallest absolute Gasteiger partial charge is 0.000521 e. The van der Waals surface area contributed by atoms with Crippen LogP contribution in [-0.2, 0) is 0 Å². The highest BCUT2D eigenvalue weighted by Gasteiger charge is 2.08. The molecule has 0 bridgehead atoms. The van der Waals surface area contributed by atoms with Gasteiger partial charge in [0.05, 0.1) is 0 Å². The van der Waals surface area contributed by atoms with E-state index in [-0.39, 0.29) is 0 Å². The normalized spacial score (nSPS) is 11.4. The monoisotopic (exact) mass is 240 g/mol. The first-order valence-electron chi connectivity index (χ1n) is 6.44. The van der Waals surface area contributed by atoms with Crippen LogP contribution in [0, 0.1) is 6.92 Å². The van der Waals surface area contributed by atoms with E-state index < -0.39 is 0 Å². The van der Waals surface area contributed by atoms with Crippen molar-refractivity contribution in [3.05, 3.63) is 79.2 Å². The topological polar surface area (TPSA) is 0 Å². The lowest BCUT2D eigenvalue weighted by Gasteiger charge is -2.11. The van der Waals surface area contributed by atoms with Gasteiger partial charge in [-0.3, -0.25) is 0 Å². The van der Waals surface area contributed by atoms with Gasteiger partial charge in [0.15, 0.2) is 0 Å². The van der Waals surface area contributed by atoms with Crippen molar-refractivity contribution in [2.24, 2.45) is 0 Å². The Bertz CT molecular complexity index is 872. The van der Waals surface area contributed by atoms with Gasteiger partial charge in [0.25, 0.3) is 0 Å². The van der Waals surface area contributed by atoms with E-state index in [0.29, 0.717) is 0 Å². The summed E-state index contributed by atoms with van der Waals surface area (Å²) in [6.45, 7) is 6.21. The lowest BCUT2D eigenvalue weighted by molar-refractivity contribution is 1.71. The molecule has 0 N–H and O–H groups in total. The molecule has 0 nitrogen and oxygen atoms in total. The highest BCUT2D eigenvalue weighted by atomic mass is 14.1. The minimum atomic E-state index is 0.847. The molecule has 0 fully saturated rings. The van der Waals surface area contributed by atoms with Crippen LogP contribution in [0.3, 0.4) is 0 Å². The van der Waals surface area contributed by atoms with Crippen LogP contribution in [0.2, 0.25) is 0 Å². The zero-order valence-electron chi connectivity index (χ0n) is 10.4. The average molecular weight is 240 g/mol. The highest BCUT2D eigenvalue weighted by molar-refractivity contribution is 6.26. The Morgan fingerprint density at radius 3 is 1.47 bits per heavy atom. The highest BCUT2D eigenvalue weighted by Crippen LogP contribution is 2.36. The molecule has 0 aromatic heterocycles. The Morgan fingerprint density at radius 2 is 0.895 bits per heavy atom. The predicted octanol–water partition coefficient (Wildman–Crippen LogP) is 5.21. The quantitative estimate of drug-likeness (QED) is 0.370. The molecule has 2 radical (unpaired) electrons. The molecule has 0 atom stereocenters. The molecule has 0 amide bonds. The molecule has 0 heteroatoms. The van der Waals surface area contributed by atoms with E-state index in [9.17, 15) is 0 Å². The van der Waals surface area contributed by atoms with Crippen LogP contribution in [0.1, 0.15) is 5.56 Å². The fourth-order valence-electron chi connectivity index (χ4n) is 2.98. The number of rotatable bonds is 0. The van der Waals surface area contributed by atoms with Gasteiger partial charge in [0.2, 0.25) is 0 Å². The standard InChI is InChI=1S/C19H12/c1-13-7-6-12-18-16-9-3-2-8-14(16)15-10-4-5-11-17(15)19(13)18/h1-12H. The third kappa shape index (κ3) is 1.40. The van der Waals surface area contributed by atoms with Crippen molar-refractivity contribution in [2.45, 2.75) is 0 Å². The van der Waals surface area contributed by atoms with Gasteiger partial charge >= 0.3 is 0 Å². The number of benzene rings is 4. The molecule has 4 rings (SSSR count). The van der Waals surface area contributed by atoms with Crippen molar-refractivity contribution in [3.63, 3.8) is 0 Å². The van der Waals surface area contributed by atoms with E-state index in [4.69, 9.17) is 6.92 Å². The molecule has 0 saturated carbocycles. The lowest BCUT2D eigenvalue weighted by atomic mass is 9.92. The van der Waals surface area contributed by atoms with Gasteiger partial charge in [-0.2, -0.15) is 0 Å². The third-order valence-electron chi connectivity index (χ3n) is 3.80. The second-order valence-electron chi connectivity index (χ2n) is 4.86. The van der Waals surface area contributed by atoms with Crippen molar-refractivity contribution in [2.75, 3.05) is 0 Å². The maximum absolute atomic E-state index is 6.21. The zero-order chi connectivity index (χ0) is 12.8. The molecule has 0 unspecified atom stereocenters. The van der Waals surface area contributed by atoms with Crippen LogP contribution in [-0.4, -0.2) is 0 Å². The van der Waals surface area contributed by atoms with Gasteiger partial charge < -0.3 is 0 Å². The first-order chi connectivity index (χ1) is 9.36. The van der Waals surface area contributed by atoms with Crippen molar-refractivity contribution >= 4 is 32.3 Å². The van der Waals surface area contributed by atoms with E-state index in [0.717, 1.165) is 10.9 Å². The van der Waals surface area contributed by atoms with Crippen LogP contribution in [0.25, 0.3) is 32.3 Å². The number of hydrogen-bond donors (Lipinski definition) is 0. The van der Waals surface area contributed by atoms with Crippen molar-refractivity contribution in [1.29, 1.82) is 0 Å². The van der Waals surface area contributed by atoms with Crippen molar-refractivity contribution < 1.29 is 0 Å². The van der Waals surface area contributed by atoms with E-state index >= 15 is 0 Å². The Morgan fingerprint density at radius 1 is 0.474 bits per heavy atom. The second-order valence-corrected chi connectivity index (χ2v) is 4.86. The Labute approximate surface area is 112 Å². The summed E-state index contributed by atoms with van der Waals surface area (Å²) >= 11 is 0. The van der Waals surface area contributed by atoms with Crippen molar-refractivity contribution in [3.8, 4) is 0 Å². The summed E-state index contributed by atoms with van der Waals surface area (Å²) in [5, 5.41) is 7.45. The summed E-state index contributed by atoms with van der Waals surface area (Å²) in [5.74, 6) is 0. The molecular formula is C19H12. The van der Waals surface area contributed by atoms with E-state index in [1.165, 1.54) is 26.9 Å². The van der Waals surface area contributed by atoms with Crippen molar-refractivity contribution in [1.82, 2.24) is 0 Å². The van der Waals surface area contributed by atoms with Gasteiger partial charge in [0.1, 0.15) is 0 Å². The number of hydrogen-bond acceptors (Lipinski definition) is 0. The van der Waals surface area contributed by atoms with Crippen LogP contribution in [0.15, 0.2) is 66.7 Å². The molecule has 4 aromatic rings. The maximum atomic E-state index is 6.21. The van der Waals surface area contributed by atoms with Crippen LogP contribution in [0.4, 0.5) is 0 Å². The van der Waals surface area contributed by atoms with Crippen LogP contribution >= 0.6 is 0 Å². The second kappa shape index (κ2) is 3.83. The predicted molar refractivity (Wildman–Crippen MR) is 82.4 cm³/mol. The molecule has 4 aromatic carbocycles. The molecule has 88 valence electrons. The lowest BCUT2D eigenvalue weighted by Crippen LogP contribution is -1.85. The first kappa shape index (κ1) is 10.6. The van der Waals surface area contributed by atoms with E-state index in [1.54, 1.807) is 0 Å². The van der Waals surface area contributed by atoms with Crippen LogP contribution in [0.5, 0.6) is 0 Å². The first-order valence-corrected chi connectivity index (χ1v) is 6.44. The molecule has 19 heavy (non-hydrogen) atoms. The summed E-state index contributed by atoms with van der Waals surface area (Å²) in [7, 11) is 0. The van der Waals surface area contributed by atoms with Gasteiger partial charge in [-0.25, -0.2) is 0 Å². The molecule has 0 saturated heterocycles. The number of fused-ring (bicyclic) bond motifs is 6. The van der Waals surface area contributed by atoms with E-state index in [2.05, 4.69) is 54.6 Å². The minimum Gasteiger partial charge on any atom is -0.0616 e. The molecule has 0 aliphatic rings. The molecule has 0 heterocycles. The fraction of sp³-hybridized carbons (Fsp3) is 0. The summed E-state index contributed by atoms with van der Waals surface area (Å²) in [4.78, 5) is 0. The van der Waals surface area contributed by atoms with Gasteiger partial charge in [-0.15, -0.1) is 0 Å².